The number of nitrogens with one attached hydrogen (secondary N) is 1. The SMILES string of the molecule is CC(C)C[C@@H](NS(=O)(=O)c1ccccc1Br)C(=O)N(C)C. The molecule has 0 radical (unpaired) electrons. The lowest BCUT2D eigenvalue weighted by molar-refractivity contribution is -0.130. The zero-order valence-electron chi connectivity index (χ0n) is 12.6. The Hall–Kier alpha value is -0.920. The van der Waals surface area contributed by atoms with Gasteiger partial charge in [0.05, 0.1) is 4.90 Å². The highest BCUT2D eigenvalue weighted by Crippen LogP contribution is 2.22. The molecule has 0 aliphatic rings. The maximum atomic E-state index is 12.5. The van der Waals surface area contributed by atoms with Crippen LogP contribution >= 0.6 is 15.9 Å². The molecule has 0 aliphatic heterocycles. The Balaban J connectivity index is 3.07. The zero-order chi connectivity index (χ0) is 16.2. The predicted molar refractivity (Wildman–Crippen MR) is 86.4 cm³/mol. The van der Waals surface area contributed by atoms with Crippen LogP contribution in [0.5, 0.6) is 0 Å². The number of halogens is 1. The molecule has 1 atom stereocenters. The topological polar surface area (TPSA) is 66.5 Å². The molecular weight excluding hydrogens is 356 g/mol. The highest BCUT2D eigenvalue weighted by Gasteiger charge is 2.28. The average Bonchev–Trinajstić information content (AvgIpc) is 2.36. The van der Waals surface area contributed by atoms with Gasteiger partial charge in [-0.2, -0.15) is 4.72 Å². The zero-order valence-corrected chi connectivity index (χ0v) is 15.0. The van der Waals surface area contributed by atoms with E-state index >= 15 is 0 Å². The molecule has 0 saturated heterocycles. The first kappa shape index (κ1) is 18.1. The third kappa shape index (κ3) is 5.09. The molecule has 7 heteroatoms. The molecule has 0 bridgehead atoms. The number of carbonyl (C=O) groups is 1. The third-order valence-electron chi connectivity index (χ3n) is 2.87. The van der Waals surface area contributed by atoms with Gasteiger partial charge in [0.2, 0.25) is 15.9 Å². The molecule has 21 heavy (non-hydrogen) atoms. The third-order valence-corrected chi connectivity index (χ3v) is 5.35. The number of likely N-dealkylation sites (N-methyl/N-ethyl adjacent to an activating group) is 1. The Morgan fingerprint density at radius 3 is 2.33 bits per heavy atom. The Morgan fingerprint density at radius 1 is 1.29 bits per heavy atom. The first-order valence-corrected chi connectivity index (χ1v) is 8.90. The number of hydrogen-bond acceptors (Lipinski definition) is 3. The van der Waals surface area contributed by atoms with Gasteiger partial charge in [-0.05, 0) is 40.4 Å². The molecule has 1 amide bonds. The van der Waals surface area contributed by atoms with E-state index in [1.807, 2.05) is 13.8 Å². The average molecular weight is 377 g/mol. The van der Waals surface area contributed by atoms with E-state index in [-0.39, 0.29) is 16.7 Å². The van der Waals surface area contributed by atoms with Crippen molar-refractivity contribution in [2.24, 2.45) is 5.92 Å². The van der Waals surface area contributed by atoms with Crippen molar-refractivity contribution in [2.75, 3.05) is 14.1 Å². The summed E-state index contributed by atoms with van der Waals surface area (Å²) < 4.78 is 27.9. The molecule has 1 aromatic carbocycles. The van der Waals surface area contributed by atoms with E-state index in [4.69, 9.17) is 0 Å². The number of benzene rings is 1. The van der Waals surface area contributed by atoms with Crippen LogP contribution in [0.25, 0.3) is 0 Å². The van der Waals surface area contributed by atoms with E-state index in [0.717, 1.165) is 0 Å². The molecular formula is C14H21BrN2O3S. The summed E-state index contributed by atoms with van der Waals surface area (Å²) in [5.41, 5.74) is 0. The fraction of sp³-hybridized carbons (Fsp3) is 0.500. The van der Waals surface area contributed by atoms with Crippen LogP contribution in [0.2, 0.25) is 0 Å². The van der Waals surface area contributed by atoms with Crippen LogP contribution in [0.4, 0.5) is 0 Å². The predicted octanol–water partition coefficient (Wildman–Crippen LogP) is 2.23. The normalized spacial score (nSPS) is 13.2. The Bertz CT molecular complexity index is 600. The van der Waals surface area contributed by atoms with Crippen molar-refractivity contribution >= 4 is 31.9 Å². The van der Waals surface area contributed by atoms with Gasteiger partial charge in [-0.1, -0.05) is 26.0 Å². The van der Waals surface area contributed by atoms with Crippen molar-refractivity contribution in [3.05, 3.63) is 28.7 Å². The fourth-order valence-electron chi connectivity index (χ4n) is 1.90. The summed E-state index contributed by atoms with van der Waals surface area (Å²) >= 11 is 3.22. The van der Waals surface area contributed by atoms with E-state index < -0.39 is 16.1 Å². The monoisotopic (exact) mass is 376 g/mol. The summed E-state index contributed by atoms with van der Waals surface area (Å²) in [6, 6.07) is 5.76. The van der Waals surface area contributed by atoms with Crippen molar-refractivity contribution < 1.29 is 13.2 Å². The minimum atomic E-state index is -3.76. The van der Waals surface area contributed by atoms with Crippen LogP contribution in [0, 0.1) is 5.92 Å². The first-order chi connectivity index (χ1) is 9.65. The van der Waals surface area contributed by atoms with Crippen molar-refractivity contribution in [3.8, 4) is 0 Å². The summed E-state index contributed by atoms with van der Waals surface area (Å²) in [6.07, 6.45) is 0.445. The lowest BCUT2D eigenvalue weighted by atomic mass is 10.0. The minimum absolute atomic E-state index is 0.130. The molecule has 118 valence electrons. The highest BCUT2D eigenvalue weighted by molar-refractivity contribution is 9.10. The van der Waals surface area contributed by atoms with Gasteiger partial charge in [-0.15, -0.1) is 0 Å². The summed E-state index contributed by atoms with van der Waals surface area (Å²) in [6.45, 7) is 3.89. The smallest absolute Gasteiger partial charge is 0.242 e. The van der Waals surface area contributed by atoms with E-state index in [1.54, 1.807) is 32.3 Å². The Labute approximate surface area is 134 Å². The van der Waals surface area contributed by atoms with E-state index in [1.165, 1.54) is 11.0 Å². The number of nitrogens with zero attached hydrogens (tertiary/aromatic N) is 1. The number of amides is 1. The van der Waals surface area contributed by atoms with Gasteiger partial charge >= 0.3 is 0 Å². The minimum Gasteiger partial charge on any atom is -0.347 e. The van der Waals surface area contributed by atoms with E-state index in [0.29, 0.717) is 10.9 Å². The van der Waals surface area contributed by atoms with Crippen LogP contribution in [0.1, 0.15) is 20.3 Å². The molecule has 0 heterocycles. The van der Waals surface area contributed by atoms with Crippen LogP contribution in [-0.2, 0) is 14.8 Å². The van der Waals surface area contributed by atoms with Crippen molar-refractivity contribution in [1.82, 2.24) is 9.62 Å². The van der Waals surface area contributed by atoms with Gasteiger partial charge in [-0.3, -0.25) is 4.79 Å². The fourth-order valence-corrected chi connectivity index (χ4v) is 4.10. The summed E-state index contributed by atoms with van der Waals surface area (Å²) in [5, 5.41) is 0. The van der Waals surface area contributed by atoms with Gasteiger partial charge in [0.25, 0.3) is 0 Å². The number of rotatable bonds is 6. The van der Waals surface area contributed by atoms with Crippen LogP contribution < -0.4 is 4.72 Å². The van der Waals surface area contributed by atoms with Crippen molar-refractivity contribution in [1.29, 1.82) is 0 Å². The lowest BCUT2D eigenvalue weighted by Gasteiger charge is -2.23. The Kier molecular flexibility index (Phi) is 6.37. The molecule has 0 spiro atoms. The molecule has 0 unspecified atom stereocenters. The first-order valence-electron chi connectivity index (χ1n) is 6.63. The number of sulfonamides is 1. The van der Waals surface area contributed by atoms with Crippen LogP contribution in [0.15, 0.2) is 33.6 Å². The van der Waals surface area contributed by atoms with Gasteiger partial charge in [0, 0.05) is 18.6 Å². The molecule has 1 N–H and O–H groups in total. The van der Waals surface area contributed by atoms with Gasteiger partial charge in [-0.25, -0.2) is 8.42 Å². The maximum absolute atomic E-state index is 12.5. The number of carbonyl (C=O) groups excluding carboxylic acids is 1. The van der Waals surface area contributed by atoms with Gasteiger partial charge in [0.15, 0.2) is 0 Å². The molecule has 0 aliphatic carbocycles. The molecule has 0 fully saturated rings. The lowest BCUT2D eigenvalue weighted by Crippen LogP contribution is -2.46. The second-order valence-corrected chi connectivity index (χ2v) is 8.00. The summed E-state index contributed by atoms with van der Waals surface area (Å²) in [7, 11) is -0.532. The van der Waals surface area contributed by atoms with Crippen molar-refractivity contribution in [3.63, 3.8) is 0 Å². The maximum Gasteiger partial charge on any atom is 0.242 e. The standard InChI is InChI=1S/C14H21BrN2O3S/c1-10(2)9-12(14(18)17(3)4)16-21(19,20)13-8-6-5-7-11(13)15/h5-8,10,12,16H,9H2,1-4H3/t12-/m1/s1. The number of hydrogen-bond donors (Lipinski definition) is 1. The van der Waals surface area contributed by atoms with Gasteiger partial charge in [0.1, 0.15) is 6.04 Å². The second kappa shape index (κ2) is 7.38. The van der Waals surface area contributed by atoms with Crippen LogP contribution in [-0.4, -0.2) is 39.4 Å². The largest absolute Gasteiger partial charge is 0.347 e. The van der Waals surface area contributed by atoms with Crippen LogP contribution in [0.3, 0.4) is 0 Å². The molecule has 1 rings (SSSR count). The molecule has 5 nitrogen and oxygen atoms in total. The quantitative estimate of drug-likeness (QED) is 0.827. The second-order valence-electron chi connectivity index (χ2n) is 5.47. The Morgan fingerprint density at radius 2 is 1.86 bits per heavy atom. The van der Waals surface area contributed by atoms with Crippen molar-refractivity contribution in [2.45, 2.75) is 31.2 Å². The molecule has 0 aromatic heterocycles. The summed E-state index contributed by atoms with van der Waals surface area (Å²) in [4.78, 5) is 13.7. The van der Waals surface area contributed by atoms with E-state index in [2.05, 4.69) is 20.7 Å². The van der Waals surface area contributed by atoms with Gasteiger partial charge < -0.3 is 4.90 Å². The summed E-state index contributed by atoms with van der Waals surface area (Å²) in [5.74, 6) is -0.0554. The molecule has 0 saturated carbocycles. The molecule has 1 aromatic rings. The van der Waals surface area contributed by atoms with E-state index in [9.17, 15) is 13.2 Å². The highest BCUT2D eigenvalue weighted by atomic mass is 79.9.